The molecule has 38 aliphatic carbocycles. The van der Waals surface area contributed by atoms with Crippen LogP contribution in [0, 0.1) is 412 Å². The van der Waals surface area contributed by atoms with E-state index >= 15 is 0 Å². The van der Waals surface area contributed by atoms with E-state index in [0.717, 1.165) is 403 Å². The number of fused-ring (bicyclic) bond motifs is 7. The van der Waals surface area contributed by atoms with Crippen LogP contribution in [0.2, 0.25) is 0 Å². The monoisotopic (exact) mass is 1290 g/mol. The third-order valence-electron chi connectivity index (χ3n) is 54.9. The summed E-state index contributed by atoms with van der Waals surface area (Å²) < 4.78 is 11.8. The fourth-order valence-corrected chi connectivity index (χ4v) is 62.3. The average molecular weight is 1290 g/mol. The molecule has 4 heteroatoms. The Kier molecular flexibility index (Phi) is 5.78. The van der Waals surface area contributed by atoms with E-state index in [-0.39, 0.29) is 22.8 Å². The largest absolute Gasteiger partial charge is 0.469 e. The van der Waals surface area contributed by atoms with E-state index < -0.39 is 0 Å². The molecular weight excluding hydrogens is 1190 g/mol. The van der Waals surface area contributed by atoms with Crippen molar-refractivity contribution in [3.05, 3.63) is 71.8 Å². The van der Waals surface area contributed by atoms with Crippen molar-refractivity contribution in [1.82, 2.24) is 0 Å². The molecule has 0 N–H and O–H groups in total. The van der Waals surface area contributed by atoms with Gasteiger partial charge in [0.05, 0.1) is 14.2 Å². The number of esters is 2. The lowest BCUT2D eigenvalue weighted by molar-refractivity contribution is -0.293. The second-order valence-electron chi connectivity index (χ2n) is 48.6. The summed E-state index contributed by atoms with van der Waals surface area (Å²) >= 11 is 0. The summed E-state index contributed by atoms with van der Waals surface area (Å²) in [5.41, 5.74) is 6.31. The molecular formula is C94H94O4. The molecule has 38 fully saturated rings. The van der Waals surface area contributed by atoms with Crippen molar-refractivity contribution < 1.29 is 19.1 Å². The molecule has 0 heterocycles. The van der Waals surface area contributed by atoms with E-state index in [2.05, 4.69) is 60.7 Å². The van der Waals surface area contributed by atoms with Crippen molar-refractivity contribution in [3.63, 3.8) is 0 Å². The maximum atomic E-state index is 14.4. The maximum Gasteiger partial charge on any atom is 0.305 e. The first kappa shape index (κ1) is 47.0. The number of hydrogen-bond donors (Lipinski definition) is 0. The van der Waals surface area contributed by atoms with Crippen molar-refractivity contribution in [1.29, 1.82) is 0 Å². The zero-order valence-electron chi connectivity index (χ0n) is 56.8. The number of ether oxygens (including phenoxy) is 2. The van der Waals surface area contributed by atoms with Gasteiger partial charge < -0.3 is 9.47 Å². The van der Waals surface area contributed by atoms with Gasteiger partial charge in [0.2, 0.25) is 0 Å². The van der Waals surface area contributed by atoms with Crippen molar-refractivity contribution in [2.45, 2.75) is 49.4 Å². The Morgan fingerprint density at radius 2 is 0.388 bits per heavy atom. The lowest BCUT2D eigenvalue weighted by Gasteiger charge is -2.76. The second-order valence-corrected chi connectivity index (χ2v) is 48.6. The van der Waals surface area contributed by atoms with Crippen LogP contribution < -0.4 is 0 Å². The van der Waals surface area contributed by atoms with E-state index in [1.54, 1.807) is 14.2 Å². The molecule has 72 atom stereocenters. The summed E-state index contributed by atoms with van der Waals surface area (Å²) in [5, 5.41) is 0. The van der Waals surface area contributed by atoms with Crippen LogP contribution in [0.25, 0.3) is 0 Å². The summed E-state index contributed by atoms with van der Waals surface area (Å²) in [6.07, 6.45) is 6.31. The predicted molar refractivity (Wildman–Crippen MR) is 348 cm³/mol. The second kappa shape index (κ2) is 12.0. The van der Waals surface area contributed by atoms with Gasteiger partial charge in [-0.1, -0.05) is 60.7 Å². The number of benzene rings is 2. The van der Waals surface area contributed by atoms with Gasteiger partial charge in [0, 0.05) is 23.7 Å². The number of carbonyl (C=O) groups excluding carboxylic acids is 2. The summed E-state index contributed by atoms with van der Waals surface area (Å²) in [6.45, 7) is 0. The molecule has 494 valence electrons. The highest BCUT2D eigenvalue weighted by molar-refractivity contribution is 5.71. The van der Waals surface area contributed by atoms with E-state index in [0.29, 0.717) is 34.5 Å². The SMILES string of the molecule is COC(=O)CCCC1(c2ccccc2)C23C4C5C6C7C8C9C%10C%11C%12C%13C%14C%15C%16C8C7C5C5C%16C%14C7C8C%13C%13C%14C%16C%17C%18C%19C%20C%21C%18C%18C%16C%16C%13C%12C(C%11%15)C%11C%12C%10C9C9C6C6C%10C(C%13C6C(C9%12)C6C(C%13%21)C%18C%169C(CCCC(=O)OC)(c%12ccccc%12)C%1169)C%20C(C%104)C4C%19C%17C(C%148)C(C7C52)C413. The fraction of sp³-hybridized carbons (Fsp3) is 0.851. The van der Waals surface area contributed by atoms with Crippen LogP contribution in [0.3, 0.4) is 0 Å². The molecule has 0 amide bonds. The van der Waals surface area contributed by atoms with Crippen LogP contribution in [0.1, 0.15) is 49.7 Å². The average Bonchev–Trinajstić information content (AvgIpc) is 1.35. The third-order valence-corrected chi connectivity index (χ3v) is 54.9. The summed E-state index contributed by atoms with van der Waals surface area (Å²) in [7, 11) is 3.52. The lowest BCUT2D eigenvalue weighted by Crippen LogP contribution is -2.73. The molecule has 4 nitrogen and oxygen atoms in total. The molecule has 2 aromatic rings. The van der Waals surface area contributed by atoms with Crippen LogP contribution in [-0.2, 0) is 29.9 Å². The highest BCUT2D eigenvalue weighted by atomic mass is 16.5. The Labute approximate surface area is 575 Å². The Balaban J connectivity index is 0.745. The molecule has 72 unspecified atom stereocenters. The maximum absolute atomic E-state index is 14.4. The van der Waals surface area contributed by atoms with Gasteiger partial charge in [-0.15, -0.1) is 0 Å². The molecule has 0 aromatic heterocycles. The Morgan fingerprint density at radius 1 is 0.235 bits per heavy atom. The lowest BCUT2D eigenvalue weighted by atomic mass is 9.28. The van der Waals surface area contributed by atoms with Gasteiger partial charge in [-0.2, -0.15) is 0 Å². The standard InChI is InChI=1S/C94H94O4/c1-97-21(95)15-9-17-89(19-11-5-3-6-12-19)91-81-67-50-30-27-26-33-44-56-48-53(33)70-63(67)37(26)34(50)28-24-23-25-29(30)52-43(27)61(44)79-85-72(52)64-36(25)31(23)51-35-38-32(24)49(28)68(81)65(38)73-55-39(35)57-41-45(55)62-46-40-54-42-47(60(48)77-78(59(42)46)88(80(62)87(73)91)94(89,91)84(70)77)66-71(54)83-76(58(40)41)75(57)82(69(51)64)92(85)90(18-10-16-22(96)98-2,20-13-7-4-8-14-20)93(83,92)86(79)74(56)66/h3-8,11-14,23-88H,9-10,15-18H2,1-2H3. The van der Waals surface area contributed by atoms with Crippen molar-refractivity contribution >= 4 is 11.9 Å². The number of hydrogen-bond acceptors (Lipinski definition) is 4. The zero-order valence-corrected chi connectivity index (χ0v) is 56.8. The molecule has 0 aliphatic heterocycles. The van der Waals surface area contributed by atoms with Gasteiger partial charge >= 0.3 is 11.9 Å². The first-order valence-corrected chi connectivity index (χ1v) is 44.8. The molecule has 7 bridgehead atoms. The van der Waals surface area contributed by atoms with E-state index in [1.807, 2.05) is 11.1 Å². The van der Waals surface area contributed by atoms with Crippen LogP contribution in [0.4, 0.5) is 0 Å². The summed E-state index contributed by atoms with van der Waals surface area (Å²) in [5.74, 6) is 72.0. The van der Waals surface area contributed by atoms with Gasteiger partial charge in [-0.25, -0.2) is 0 Å². The molecule has 2 aromatic carbocycles. The Bertz CT molecular complexity index is 4730. The molecule has 4 spiro atoms. The molecule has 38 saturated carbocycles. The van der Waals surface area contributed by atoms with Crippen LogP contribution >= 0.6 is 0 Å². The first-order valence-electron chi connectivity index (χ1n) is 44.8. The Morgan fingerprint density at radius 3 is 0.582 bits per heavy atom. The number of carbonyl (C=O) groups is 2. The van der Waals surface area contributed by atoms with Gasteiger partial charge in [-0.05, 0) is 449 Å². The van der Waals surface area contributed by atoms with Crippen LogP contribution in [0.15, 0.2) is 60.7 Å². The molecule has 98 heavy (non-hydrogen) atoms. The minimum Gasteiger partial charge on any atom is -0.469 e. The molecule has 38 aliphatic rings. The van der Waals surface area contributed by atoms with Gasteiger partial charge in [-0.3, -0.25) is 9.59 Å². The van der Waals surface area contributed by atoms with Crippen LogP contribution in [0.5, 0.6) is 0 Å². The van der Waals surface area contributed by atoms with Gasteiger partial charge in [0.1, 0.15) is 0 Å². The van der Waals surface area contributed by atoms with E-state index in [1.165, 1.54) is 12.8 Å². The van der Waals surface area contributed by atoms with Gasteiger partial charge in [0.15, 0.2) is 0 Å². The molecule has 0 saturated heterocycles. The highest BCUT2D eigenvalue weighted by Crippen LogP contribution is 3.17. The van der Waals surface area contributed by atoms with E-state index in [4.69, 9.17) is 9.47 Å². The topological polar surface area (TPSA) is 52.6 Å². The van der Waals surface area contributed by atoms with Crippen molar-refractivity contribution in [2.75, 3.05) is 14.2 Å². The van der Waals surface area contributed by atoms with Crippen molar-refractivity contribution in [3.8, 4) is 0 Å². The zero-order chi connectivity index (χ0) is 60.1. The normalized spacial score (nSPS) is 87.0. The summed E-state index contributed by atoms with van der Waals surface area (Å²) in [4.78, 5) is 28.7. The minimum absolute atomic E-state index is 0.124. The van der Waals surface area contributed by atoms with E-state index in [9.17, 15) is 9.59 Å². The van der Waals surface area contributed by atoms with Crippen LogP contribution in [-0.4, -0.2) is 26.2 Å². The predicted octanol–water partition coefficient (Wildman–Crippen LogP) is 12.7. The Hall–Kier alpha value is -2.62. The minimum atomic E-state index is 0.124. The fourth-order valence-electron chi connectivity index (χ4n) is 62.3. The summed E-state index contributed by atoms with van der Waals surface area (Å²) in [6, 6.07) is 27.5. The smallest absolute Gasteiger partial charge is 0.305 e. The number of rotatable bonds is 10. The first-order chi connectivity index (χ1) is 48.6. The third kappa shape index (κ3) is 2.93. The van der Waals surface area contributed by atoms with Gasteiger partial charge in [0.25, 0.3) is 0 Å². The quantitative estimate of drug-likeness (QED) is 0.223. The molecule has 40 rings (SSSR count). The van der Waals surface area contributed by atoms with Crippen molar-refractivity contribution in [2.24, 2.45) is 412 Å². The number of methoxy groups -OCH3 is 2. The molecule has 0 radical (unpaired) electrons. The highest BCUT2D eigenvalue weighted by Gasteiger charge is 3.15.